The van der Waals surface area contributed by atoms with Gasteiger partial charge in [-0.25, -0.2) is 0 Å². The highest BCUT2D eigenvalue weighted by Gasteiger charge is 2.17. The summed E-state index contributed by atoms with van der Waals surface area (Å²) in [6.45, 7) is 2.63. The standard InChI is InChI=1S/C12H18N6O3.ClH/c1-17-8-9(18(20)21)7-10(17)11(19)13-5-6-16-12-14-3-2-4-15-12;/h7-8H,2-6H2,1H3,(H,13,19)(H2,14,15,16);1H. The van der Waals surface area contributed by atoms with Gasteiger partial charge in [-0.2, -0.15) is 0 Å². The number of nitrogens with zero attached hydrogens (tertiary/aromatic N) is 3. The predicted molar refractivity (Wildman–Crippen MR) is 84.6 cm³/mol. The first-order valence-corrected chi connectivity index (χ1v) is 6.69. The van der Waals surface area contributed by atoms with Crippen LogP contribution in [0.5, 0.6) is 0 Å². The molecule has 0 radical (unpaired) electrons. The van der Waals surface area contributed by atoms with Gasteiger partial charge in [-0.15, -0.1) is 12.4 Å². The Hall–Kier alpha value is -2.29. The van der Waals surface area contributed by atoms with Crippen LogP contribution in [0.4, 0.5) is 5.69 Å². The van der Waals surface area contributed by atoms with Gasteiger partial charge in [0.1, 0.15) is 5.69 Å². The minimum absolute atomic E-state index is 0. The Morgan fingerprint density at radius 1 is 1.55 bits per heavy atom. The molecule has 1 aliphatic heterocycles. The second kappa shape index (κ2) is 8.23. The normalized spacial score (nSPS) is 13.4. The van der Waals surface area contributed by atoms with E-state index in [1.165, 1.54) is 16.8 Å². The van der Waals surface area contributed by atoms with E-state index in [4.69, 9.17) is 0 Å². The van der Waals surface area contributed by atoms with Crippen LogP contribution >= 0.6 is 12.4 Å². The highest BCUT2D eigenvalue weighted by molar-refractivity contribution is 5.93. The van der Waals surface area contributed by atoms with Crippen molar-refractivity contribution in [1.82, 2.24) is 20.5 Å². The number of aromatic nitrogens is 1. The molecule has 1 aromatic heterocycles. The van der Waals surface area contributed by atoms with E-state index in [9.17, 15) is 14.9 Å². The number of carbonyl (C=O) groups excluding carboxylic acids is 1. The zero-order valence-electron chi connectivity index (χ0n) is 12.2. The number of guanidine groups is 1. The smallest absolute Gasteiger partial charge is 0.287 e. The minimum Gasteiger partial charge on any atom is -0.356 e. The summed E-state index contributed by atoms with van der Waals surface area (Å²) in [5.74, 6) is 0.399. The summed E-state index contributed by atoms with van der Waals surface area (Å²) in [6, 6.07) is 1.26. The Labute approximate surface area is 133 Å². The zero-order chi connectivity index (χ0) is 15.2. The molecule has 0 aliphatic carbocycles. The molecule has 10 heteroatoms. The predicted octanol–water partition coefficient (Wildman–Crippen LogP) is 0.0238. The Morgan fingerprint density at radius 2 is 2.32 bits per heavy atom. The fraction of sp³-hybridized carbons (Fsp3) is 0.500. The van der Waals surface area contributed by atoms with E-state index in [1.54, 1.807) is 7.05 Å². The Balaban J connectivity index is 0.00000242. The van der Waals surface area contributed by atoms with Crippen molar-refractivity contribution in [2.24, 2.45) is 12.0 Å². The van der Waals surface area contributed by atoms with Crippen molar-refractivity contribution >= 4 is 30.0 Å². The van der Waals surface area contributed by atoms with Crippen LogP contribution < -0.4 is 16.0 Å². The zero-order valence-corrected chi connectivity index (χ0v) is 13.0. The number of hydrogen-bond acceptors (Lipinski definition) is 6. The Bertz CT molecular complexity index is 571. The fourth-order valence-corrected chi connectivity index (χ4v) is 1.97. The number of rotatable bonds is 5. The van der Waals surface area contributed by atoms with E-state index in [-0.39, 0.29) is 29.7 Å². The average Bonchev–Trinajstić information content (AvgIpc) is 2.87. The van der Waals surface area contributed by atoms with Gasteiger partial charge >= 0.3 is 0 Å². The molecule has 3 N–H and O–H groups in total. The number of nitro groups is 1. The number of nitrogens with one attached hydrogen (secondary N) is 3. The van der Waals surface area contributed by atoms with Crippen molar-refractivity contribution in [3.63, 3.8) is 0 Å². The first-order valence-electron chi connectivity index (χ1n) is 6.69. The second-order valence-corrected chi connectivity index (χ2v) is 4.64. The summed E-state index contributed by atoms with van der Waals surface area (Å²) in [5, 5.41) is 19.5. The molecule has 9 nitrogen and oxygen atoms in total. The van der Waals surface area contributed by atoms with Crippen molar-refractivity contribution < 1.29 is 9.72 Å². The summed E-state index contributed by atoms with van der Waals surface area (Å²) in [6.07, 6.45) is 2.34. The maximum absolute atomic E-state index is 11.9. The minimum atomic E-state index is -0.523. The molecule has 2 heterocycles. The van der Waals surface area contributed by atoms with E-state index in [0.717, 1.165) is 25.5 Å². The summed E-state index contributed by atoms with van der Waals surface area (Å²) in [4.78, 5) is 26.3. The summed E-state index contributed by atoms with van der Waals surface area (Å²) < 4.78 is 1.44. The van der Waals surface area contributed by atoms with Gasteiger partial charge in [-0.1, -0.05) is 0 Å². The Morgan fingerprint density at radius 3 is 2.91 bits per heavy atom. The molecule has 0 fully saturated rings. The van der Waals surface area contributed by atoms with E-state index in [2.05, 4.69) is 20.9 Å². The van der Waals surface area contributed by atoms with Crippen LogP contribution in [-0.2, 0) is 7.05 Å². The molecule has 1 aromatic rings. The third kappa shape index (κ3) is 4.62. The van der Waals surface area contributed by atoms with Crippen molar-refractivity contribution in [3.05, 3.63) is 28.1 Å². The largest absolute Gasteiger partial charge is 0.356 e. The van der Waals surface area contributed by atoms with Crippen LogP contribution in [0, 0.1) is 10.1 Å². The third-order valence-corrected chi connectivity index (χ3v) is 3.03. The molecule has 0 bridgehead atoms. The summed E-state index contributed by atoms with van der Waals surface area (Å²) >= 11 is 0. The lowest BCUT2D eigenvalue weighted by atomic mass is 10.3. The molecular formula is C12H19ClN6O3. The van der Waals surface area contributed by atoms with Gasteiger partial charge in [0.15, 0.2) is 5.96 Å². The van der Waals surface area contributed by atoms with Crippen LogP contribution in [0.25, 0.3) is 0 Å². The topological polar surface area (TPSA) is 114 Å². The highest BCUT2D eigenvalue weighted by atomic mass is 35.5. The first-order chi connectivity index (χ1) is 10.1. The average molecular weight is 331 g/mol. The van der Waals surface area contributed by atoms with Crippen LogP contribution in [0.3, 0.4) is 0 Å². The van der Waals surface area contributed by atoms with Gasteiger partial charge in [0.25, 0.3) is 11.6 Å². The van der Waals surface area contributed by atoms with Gasteiger partial charge < -0.3 is 20.5 Å². The number of halogens is 1. The molecule has 0 saturated heterocycles. The van der Waals surface area contributed by atoms with Crippen molar-refractivity contribution in [2.75, 3.05) is 26.2 Å². The first kappa shape index (κ1) is 17.8. The molecule has 122 valence electrons. The van der Waals surface area contributed by atoms with Crippen molar-refractivity contribution in [1.29, 1.82) is 0 Å². The number of aliphatic imine (C=N–C) groups is 1. The molecule has 0 spiro atoms. The lowest BCUT2D eigenvalue weighted by Gasteiger charge is -2.16. The Kier molecular flexibility index (Phi) is 6.64. The lowest BCUT2D eigenvalue weighted by Crippen LogP contribution is -2.43. The van der Waals surface area contributed by atoms with Gasteiger partial charge in [-0.05, 0) is 6.42 Å². The van der Waals surface area contributed by atoms with Crippen molar-refractivity contribution in [3.8, 4) is 0 Å². The summed E-state index contributed by atoms with van der Waals surface area (Å²) in [7, 11) is 1.60. The monoisotopic (exact) mass is 330 g/mol. The maximum Gasteiger partial charge on any atom is 0.287 e. The quantitative estimate of drug-likeness (QED) is 0.400. The maximum atomic E-state index is 11.9. The van der Waals surface area contributed by atoms with Crippen LogP contribution in [0.15, 0.2) is 17.3 Å². The highest BCUT2D eigenvalue weighted by Crippen LogP contribution is 2.14. The molecule has 1 amide bonds. The van der Waals surface area contributed by atoms with Gasteiger partial charge in [-0.3, -0.25) is 19.9 Å². The SMILES string of the molecule is Cl.Cn1cc([N+](=O)[O-])cc1C(=O)NCCNC1=NCCCN1. The number of amides is 1. The summed E-state index contributed by atoms with van der Waals surface area (Å²) in [5.41, 5.74) is 0.163. The van der Waals surface area contributed by atoms with Crippen LogP contribution in [0.1, 0.15) is 16.9 Å². The molecule has 0 unspecified atom stereocenters. The molecule has 2 rings (SSSR count). The number of aryl methyl sites for hydroxylation is 1. The van der Waals surface area contributed by atoms with Crippen LogP contribution in [-0.4, -0.2) is 47.5 Å². The van der Waals surface area contributed by atoms with E-state index < -0.39 is 4.92 Å². The van der Waals surface area contributed by atoms with E-state index in [0.29, 0.717) is 13.1 Å². The van der Waals surface area contributed by atoms with E-state index in [1.807, 2.05) is 0 Å². The molecule has 0 saturated carbocycles. The second-order valence-electron chi connectivity index (χ2n) is 4.64. The van der Waals surface area contributed by atoms with Gasteiger partial charge in [0.2, 0.25) is 0 Å². The van der Waals surface area contributed by atoms with Crippen LogP contribution in [0.2, 0.25) is 0 Å². The van der Waals surface area contributed by atoms with E-state index >= 15 is 0 Å². The van der Waals surface area contributed by atoms with Crippen molar-refractivity contribution in [2.45, 2.75) is 6.42 Å². The molecule has 0 aromatic carbocycles. The number of carbonyl (C=O) groups is 1. The lowest BCUT2D eigenvalue weighted by molar-refractivity contribution is -0.384. The van der Waals surface area contributed by atoms with Gasteiger partial charge in [0.05, 0.1) is 11.1 Å². The molecule has 0 atom stereocenters. The molecule has 1 aliphatic rings. The fourth-order valence-electron chi connectivity index (χ4n) is 1.97. The van der Waals surface area contributed by atoms with Gasteiger partial charge in [0, 0.05) is 39.3 Å². The number of hydrogen-bond donors (Lipinski definition) is 3. The third-order valence-electron chi connectivity index (χ3n) is 3.03. The molecule has 22 heavy (non-hydrogen) atoms. The molecular weight excluding hydrogens is 312 g/mol.